The number of sulfonamides is 1. The topological polar surface area (TPSA) is 202 Å². The number of aliphatic carboxylic acids is 2. The van der Waals surface area contributed by atoms with E-state index in [-0.39, 0.29) is 17.0 Å². The molecule has 6 N–H and O–H groups in total. The molecule has 4 aromatic rings. The van der Waals surface area contributed by atoms with Crippen molar-refractivity contribution in [2.45, 2.75) is 62.0 Å². The third-order valence-corrected chi connectivity index (χ3v) is 8.57. The molecule has 5 rings (SSSR count). The molecule has 3 heterocycles. The maximum absolute atomic E-state index is 13.2. The molecule has 1 fully saturated rings. The number of carboxylic acid groups (broad SMARTS) is 2. The lowest BCUT2D eigenvalue weighted by Crippen LogP contribution is -2.38. The Morgan fingerprint density at radius 3 is 2.02 bits per heavy atom. The molecule has 0 spiro atoms. The highest BCUT2D eigenvalue weighted by atomic mass is 32.2. The van der Waals surface area contributed by atoms with Gasteiger partial charge in [-0.05, 0) is 62.4 Å². The summed E-state index contributed by atoms with van der Waals surface area (Å²) in [6, 6.07) is 8.72. The number of nitrogens with two attached hydrogens (primary N) is 1. The summed E-state index contributed by atoms with van der Waals surface area (Å²) >= 11 is 0. The lowest BCUT2D eigenvalue weighted by atomic mass is 9.94. The number of aliphatic hydroxyl groups is 1. The monoisotopic (exact) mass is 708 g/mol. The number of carboxylic acids is 2. The van der Waals surface area contributed by atoms with Crippen LogP contribution >= 0.6 is 0 Å². The molecule has 20 heteroatoms. The summed E-state index contributed by atoms with van der Waals surface area (Å²) in [5.41, 5.74) is 11.7. The molecular weight excluding hydrogens is 678 g/mol. The van der Waals surface area contributed by atoms with E-state index in [0.29, 0.717) is 37.0 Å². The molecule has 0 saturated heterocycles. The van der Waals surface area contributed by atoms with Gasteiger partial charge in [-0.3, -0.25) is 9.08 Å². The zero-order valence-electron chi connectivity index (χ0n) is 25.1. The van der Waals surface area contributed by atoms with Crippen molar-refractivity contribution in [2.75, 3.05) is 5.73 Å². The van der Waals surface area contributed by atoms with E-state index in [1.165, 1.54) is 0 Å². The van der Waals surface area contributed by atoms with Gasteiger partial charge in [0.2, 0.25) is 10.0 Å². The molecule has 0 radical (unpaired) electrons. The molecule has 1 saturated carbocycles. The number of rotatable bonds is 5. The van der Waals surface area contributed by atoms with E-state index >= 15 is 0 Å². The molecule has 0 aliphatic heterocycles. The first kappa shape index (κ1) is 37.8. The van der Waals surface area contributed by atoms with Crippen molar-refractivity contribution in [3.8, 4) is 22.5 Å². The van der Waals surface area contributed by atoms with Crippen LogP contribution in [0.4, 0.5) is 32.0 Å². The smallest absolute Gasteiger partial charge is 0.475 e. The van der Waals surface area contributed by atoms with E-state index in [0.717, 1.165) is 28.1 Å². The van der Waals surface area contributed by atoms with Gasteiger partial charge in [0, 0.05) is 36.6 Å². The number of aryl methyl sites for hydroxylation is 2. The highest BCUT2D eigenvalue weighted by molar-refractivity contribution is 7.89. The zero-order valence-corrected chi connectivity index (χ0v) is 25.9. The molecule has 1 aliphatic rings. The summed E-state index contributed by atoms with van der Waals surface area (Å²) in [5, 5.41) is 28.2. The molecule has 0 amide bonds. The molecule has 0 bridgehead atoms. The van der Waals surface area contributed by atoms with Crippen molar-refractivity contribution in [2.24, 2.45) is 7.05 Å². The Kier molecular flexibility index (Phi) is 11.5. The minimum Gasteiger partial charge on any atom is -0.475 e. The van der Waals surface area contributed by atoms with Crippen LogP contribution in [0.1, 0.15) is 31.2 Å². The van der Waals surface area contributed by atoms with Crippen LogP contribution in [0.25, 0.3) is 28.2 Å². The van der Waals surface area contributed by atoms with Crippen molar-refractivity contribution >= 4 is 33.3 Å². The fourth-order valence-corrected chi connectivity index (χ4v) is 5.97. The molecule has 0 atom stereocenters. The molecule has 1 aliphatic carbocycles. The largest absolute Gasteiger partial charge is 0.490 e. The van der Waals surface area contributed by atoms with Gasteiger partial charge in [0.05, 0.1) is 34.3 Å². The quantitative estimate of drug-likeness (QED) is 0.188. The lowest BCUT2D eigenvalue weighted by molar-refractivity contribution is -0.193. The number of hydrogen-bond acceptors (Lipinski definition) is 8. The van der Waals surface area contributed by atoms with Gasteiger partial charge in [-0.25, -0.2) is 27.7 Å². The number of fused-ring (bicyclic) bond motifs is 1. The van der Waals surface area contributed by atoms with Gasteiger partial charge in [-0.15, -0.1) is 0 Å². The second kappa shape index (κ2) is 14.6. The zero-order chi connectivity index (χ0) is 36.2. The number of nitrogens with zero attached hydrogens (tertiary/aromatic N) is 4. The number of alkyl halides is 6. The summed E-state index contributed by atoms with van der Waals surface area (Å²) in [6.07, 6.45) is -2.66. The normalized spacial score (nSPS) is 16.8. The number of benzene rings is 1. The number of imidazole rings is 1. The van der Waals surface area contributed by atoms with Crippen LogP contribution in [0.15, 0.2) is 53.8 Å². The van der Waals surface area contributed by atoms with Gasteiger partial charge in [0.1, 0.15) is 0 Å². The Labute approximate surface area is 268 Å². The number of nitrogens with one attached hydrogen (secondary N) is 1. The molecular formula is C28H30F6N6O7S. The first-order valence-electron chi connectivity index (χ1n) is 13.8. The Hall–Kier alpha value is -4.69. The van der Waals surface area contributed by atoms with Crippen LogP contribution in [0, 0.1) is 6.92 Å². The number of pyridine rings is 1. The predicted octanol–water partition coefficient (Wildman–Crippen LogP) is 4.14. The van der Waals surface area contributed by atoms with Crippen LogP contribution in [0.2, 0.25) is 0 Å². The summed E-state index contributed by atoms with van der Waals surface area (Å²) in [4.78, 5) is 22.5. The van der Waals surface area contributed by atoms with Crippen molar-refractivity contribution < 1.29 is 59.7 Å². The third kappa shape index (κ3) is 9.44. The van der Waals surface area contributed by atoms with E-state index in [1.54, 1.807) is 29.2 Å². The summed E-state index contributed by atoms with van der Waals surface area (Å²) in [7, 11) is -1.85. The van der Waals surface area contributed by atoms with Gasteiger partial charge in [-0.2, -0.15) is 31.4 Å². The Morgan fingerprint density at radius 1 is 0.958 bits per heavy atom. The Bertz CT molecular complexity index is 1860. The fraction of sp³-hybridized carbons (Fsp3) is 0.357. The molecule has 1 aromatic carbocycles. The number of hydrogen-bond donors (Lipinski definition) is 5. The second-order valence-electron chi connectivity index (χ2n) is 10.6. The van der Waals surface area contributed by atoms with E-state index in [4.69, 9.17) is 25.5 Å². The minimum absolute atomic E-state index is 0.171. The van der Waals surface area contributed by atoms with Gasteiger partial charge in [0.15, 0.2) is 5.65 Å². The number of aliphatic hydroxyl groups excluding tert-OH is 1. The third-order valence-electron chi connectivity index (χ3n) is 7.05. The van der Waals surface area contributed by atoms with Crippen LogP contribution in [0.3, 0.4) is 0 Å². The molecule has 48 heavy (non-hydrogen) atoms. The lowest BCUT2D eigenvalue weighted by Gasteiger charge is -2.26. The highest BCUT2D eigenvalue weighted by Crippen LogP contribution is 2.32. The second-order valence-corrected chi connectivity index (χ2v) is 12.3. The molecule has 3 aromatic heterocycles. The molecule has 0 unspecified atom stereocenters. The van der Waals surface area contributed by atoms with Crippen molar-refractivity contribution in [1.82, 2.24) is 23.9 Å². The van der Waals surface area contributed by atoms with Crippen LogP contribution in [-0.4, -0.2) is 79.3 Å². The standard InChI is InChI=1S/C24H28N6O3S.2C2HF3O2/c1-15-3-8-19(34(32,33)28-17-4-6-18(31)7-5-17)12-20(15)23-13-26-24-21(25)11-16(14-30(23)24)22-9-10-27-29(22)2;2*3-2(4,5)1(6)7/h3,8-14,17-18,28,31H,4-7,25H2,1-2H3;2*(H,6,7)/t17-,18-;;. The van der Waals surface area contributed by atoms with E-state index in [1.807, 2.05) is 42.8 Å². The van der Waals surface area contributed by atoms with Crippen LogP contribution in [-0.2, 0) is 26.7 Å². The van der Waals surface area contributed by atoms with Crippen molar-refractivity contribution in [1.29, 1.82) is 0 Å². The van der Waals surface area contributed by atoms with Crippen molar-refractivity contribution in [3.63, 3.8) is 0 Å². The Balaban J connectivity index is 0.000000376. The molecule has 13 nitrogen and oxygen atoms in total. The fourth-order valence-electron chi connectivity index (χ4n) is 4.64. The maximum atomic E-state index is 13.2. The average Bonchev–Trinajstić information content (AvgIpc) is 3.60. The Morgan fingerprint density at radius 2 is 1.52 bits per heavy atom. The minimum atomic E-state index is -5.08. The average molecular weight is 709 g/mol. The van der Waals surface area contributed by atoms with E-state index in [9.17, 15) is 39.9 Å². The van der Waals surface area contributed by atoms with Gasteiger partial charge < -0.3 is 21.1 Å². The summed E-state index contributed by atoms with van der Waals surface area (Å²) in [5.74, 6) is -5.51. The first-order chi connectivity index (χ1) is 22.1. The SMILES string of the molecule is Cc1ccc(S(=O)(=O)N[C@H]2CC[C@H](O)CC2)cc1-c1cnc2c(N)cc(-c3ccnn3C)cn12.O=C(O)C(F)(F)F.O=C(O)C(F)(F)F. The number of aromatic nitrogens is 4. The number of carbonyl (C=O) groups is 2. The molecule has 262 valence electrons. The highest BCUT2D eigenvalue weighted by Gasteiger charge is 2.39. The first-order valence-corrected chi connectivity index (χ1v) is 15.3. The number of halogens is 6. The number of nitrogen functional groups attached to an aromatic ring is 1. The number of anilines is 1. The van der Waals surface area contributed by atoms with Crippen LogP contribution < -0.4 is 10.5 Å². The van der Waals surface area contributed by atoms with Crippen LogP contribution in [0.5, 0.6) is 0 Å². The predicted molar refractivity (Wildman–Crippen MR) is 158 cm³/mol. The summed E-state index contributed by atoms with van der Waals surface area (Å²) in [6.45, 7) is 1.94. The van der Waals surface area contributed by atoms with Gasteiger partial charge >= 0.3 is 24.3 Å². The van der Waals surface area contributed by atoms with Gasteiger partial charge in [-0.1, -0.05) is 6.07 Å². The summed E-state index contributed by atoms with van der Waals surface area (Å²) < 4.78 is 96.3. The maximum Gasteiger partial charge on any atom is 0.490 e. The van der Waals surface area contributed by atoms with Crippen molar-refractivity contribution in [3.05, 3.63) is 54.5 Å². The van der Waals surface area contributed by atoms with Gasteiger partial charge in [0.25, 0.3) is 0 Å². The van der Waals surface area contributed by atoms with E-state index in [2.05, 4.69) is 14.8 Å². The van der Waals surface area contributed by atoms with E-state index < -0.39 is 34.3 Å².